The van der Waals surface area contributed by atoms with Gasteiger partial charge in [-0.1, -0.05) is 19.1 Å². The smallest absolute Gasteiger partial charge is 0.306 e. The number of anilines is 1. The van der Waals surface area contributed by atoms with Crippen molar-refractivity contribution in [2.75, 3.05) is 11.4 Å². The summed E-state index contributed by atoms with van der Waals surface area (Å²) in [5.41, 5.74) is 0.823. The molecule has 0 bridgehead atoms. The van der Waals surface area contributed by atoms with Crippen molar-refractivity contribution < 1.29 is 18.0 Å². The summed E-state index contributed by atoms with van der Waals surface area (Å²) in [6.45, 7) is 2.31. The minimum atomic E-state index is -4.48. The Morgan fingerprint density at radius 2 is 1.93 bits per heavy atom. The monoisotopic (exact) mass is 403 g/mol. The van der Waals surface area contributed by atoms with Crippen LogP contribution in [0.1, 0.15) is 29.4 Å². The Hall–Kier alpha value is -2.61. The van der Waals surface area contributed by atoms with Gasteiger partial charge in [-0.15, -0.1) is 11.8 Å². The van der Waals surface area contributed by atoms with E-state index in [1.807, 2.05) is 13.0 Å². The molecule has 144 valence electrons. The molecule has 1 aliphatic rings. The van der Waals surface area contributed by atoms with Crippen LogP contribution < -0.4 is 4.90 Å². The largest absolute Gasteiger partial charge is 0.416 e. The van der Waals surface area contributed by atoms with Gasteiger partial charge in [-0.05, 0) is 36.8 Å². The Bertz CT molecular complexity index is 1050. The fourth-order valence-electron chi connectivity index (χ4n) is 3.12. The number of carbonyl (C=O) groups excluding carboxylic acids is 1. The molecule has 2 heterocycles. The fraction of sp³-hybridized carbons (Fsp3) is 0.250. The lowest BCUT2D eigenvalue weighted by atomic mass is 10.1. The zero-order valence-corrected chi connectivity index (χ0v) is 15.7. The molecule has 4 nitrogen and oxygen atoms in total. The molecule has 0 spiro atoms. The van der Waals surface area contributed by atoms with E-state index < -0.39 is 17.6 Å². The van der Waals surface area contributed by atoms with Crippen molar-refractivity contribution in [1.82, 2.24) is 9.97 Å². The summed E-state index contributed by atoms with van der Waals surface area (Å²) in [6.07, 6.45) is -2.44. The number of benzene rings is 2. The first-order valence-corrected chi connectivity index (χ1v) is 9.62. The van der Waals surface area contributed by atoms with Crippen molar-refractivity contribution in [1.29, 1.82) is 0 Å². The van der Waals surface area contributed by atoms with Gasteiger partial charge in [0, 0.05) is 16.7 Å². The van der Waals surface area contributed by atoms with Gasteiger partial charge in [0.05, 0.1) is 28.5 Å². The molecule has 0 fully saturated rings. The lowest BCUT2D eigenvalue weighted by Crippen LogP contribution is -2.33. The normalized spacial score (nSPS) is 17.3. The Morgan fingerprint density at radius 3 is 2.68 bits per heavy atom. The predicted octanol–water partition coefficient (Wildman–Crippen LogP) is 5.18. The highest BCUT2D eigenvalue weighted by Crippen LogP contribution is 2.41. The van der Waals surface area contributed by atoms with Crippen molar-refractivity contribution >= 4 is 34.4 Å². The van der Waals surface area contributed by atoms with Gasteiger partial charge >= 0.3 is 6.18 Å². The summed E-state index contributed by atoms with van der Waals surface area (Å²) in [4.78, 5) is 23.8. The van der Waals surface area contributed by atoms with E-state index in [0.717, 1.165) is 12.1 Å². The number of fused-ring (bicyclic) bond motifs is 2. The number of amides is 1. The van der Waals surface area contributed by atoms with Crippen LogP contribution in [0, 0.1) is 0 Å². The number of alkyl halides is 3. The molecule has 0 N–H and O–H groups in total. The number of aromatic nitrogens is 2. The first kappa shape index (κ1) is 18.7. The Kier molecular flexibility index (Phi) is 4.74. The molecule has 28 heavy (non-hydrogen) atoms. The van der Waals surface area contributed by atoms with E-state index in [-0.39, 0.29) is 16.6 Å². The molecule has 4 rings (SSSR count). The van der Waals surface area contributed by atoms with E-state index in [1.165, 1.54) is 28.9 Å². The zero-order valence-electron chi connectivity index (χ0n) is 14.9. The first-order chi connectivity index (χ1) is 13.3. The summed E-state index contributed by atoms with van der Waals surface area (Å²) < 4.78 is 39.7. The molecule has 0 radical (unpaired) electrons. The van der Waals surface area contributed by atoms with Gasteiger partial charge in [0.2, 0.25) is 0 Å². The van der Waals surface area contributed by atoms with Crippen LogP contribution in [-0.4, -0.2) is 27.7 Å². The van der Waals surface area contributed by atoms with E-state index in [0.29, 0.717) is 28.9 Å². The van der Waals surface area contributed by atoms with Gasteiger partial charge in [-0.25, -0.2) is 4.98 Å². The Balaban J connectivity index is 1.78. The van der Waals surface area contributed by atoms with Crippen molar-refractivity contribution in [2.45, 2.75) is 29.7 Å². The van der Waals surface area contributed by atoms with Crippen LogP contribution in [0.2, 0.25) is 0 Å². The van der Waals surface area contributed by atoms with E-state index in [9.17, 15) is 18.0 Å². The van der Waals surface area contributed by atoms with Crippen LogP contribution in [0.3, 0.4) is 0 Å². The molecule has 1 aromatic heterocycles. The second-order valence-electron chi connectivity index (χ2n) is 6.60. The van der Waals surface area contributed by atoms with E-state index in [1.54, 1.807) is 18.2 Å². The zero-order chi connectivity index (χ0) is 19.9. The standard InChI is InChI=1S/C20H16F3N3OS/c1-12-8-9-26(17-10-13(20(21,22)23)6-7-18(17)28-12)19(27)16-11-24-14-4-2-3-5-15(14)25-16/h2-7,10-12H,8-9H2,1H3. The van der Waals surface area contributed by atoms with Gasteiger partial charge in [-0.2, -0.15) is 13.2 Å². The Morgan fingerprint density at radius 1 is 1.18 bits per heavy atom. The average Bonchev–Trinajstić information content (AvgIpc) is 2.84. The molecule has 1 unspecified atom stereocenters. The highest BCUT2D eigenvalue weighted by Gasteiger charge is 2.34. The molecular weight excluding hydrogens is 387 g/mol. The summed E-state index contributed by atoms with van der Waals surface area (Å²) in [5.74, 6) is -0.450. The molecule has 8 heteroatoms. The number of nitrogens with zero attached hydrogens (tertiary/aromatic N) is 3. The van der Waals surface area contributed by atoms with E-state index in [2.05, 4.69) is 9.97 Å². The minimum Gasteiger partial charge on any atom is -0.306 e. The molecule has 1 atom stereocenters. The SMILES string of the molecule is CC1CCN(C(=O)c2cnc3ccccc3n2)c2cc(C(F)(F)F)ccc2S1. The molecule has 0 saturated heterocycles. The number of hydrogen-bond acceptors (Lipinski definition) is 4. The van der Waals surface area contributed by atoms with Gasteiger partial charge in [-0.3, -0.25) is 9.78 Å². The van der Waals surface area contributed by atoms with Crippen LogP contribution in [0.4, 0.5) is 18.9 Å². The van der Waals surface area contributed by atoms with Crippen molar-refractivity contribution in [2.24, 2.45) is 0 Å². The maximum atomic E-state index is 13.2. The molecule has 0 aliphatic carbocycles. The highest BCUT2D eigenvalue weighted by molar-refractivity contribution is 8.00. The number of hydrogen-bond donors (Lipinski definition) is 0. The van der Waals surface area contributed by atoms with Crippen molar-refractivity contribution in [3.63, 3.8) is 0 Å². The lowest BCUT2D eigenvalue weighted by Gasteiger charge is -2.23. The summed E-state index contributed by atoms with van der Waals surface area (Å²) >= 11 is 1.47. The van der Waals surface area contributed by atoms with Gasteiger partial charge in [0.1, 0.15) is 5.69 Å². The third-order valence-corrected chi connectivity index (χ3v) is 5.81. The highest BCUT2D eigenvalue weighted by atomic mass is 32.2. The second kappa shape index (κ2) is 7.09. The van der Waals surface area contributed by atoms with Gasteiger partial charge in [0.15, 0.2) is 0 Å². The number of thioether (sulfide) groups is 1. The quantitative estimate of drug-likeness (QED) is 0.562. The first-order valence-electron chi connectivity index (χ1n) is 8.74. The predicted molar refractivity (Wildman–Crippen MR) is 103 cm³/mol. The van der Waals surface area contributed by atoms with E-state index >= 15 is 0 Å². The van der Waals surface area contributed by atoms with Crippen LogP contribution >= 0.6 is 11.8 Å². The number of carbonyl (C=O) groups is 1. The van der Waals surface area contributed by atoms with E-state index in [4.69, 9.17) is 0 Å². The maximum absolute atomic E-state index is 13.2. The lowest BCUT2D eigenvalue weighted by molar-refractivity contribution is -0.137. The van der Waals surface area contributed by atoms with Crippen molar-refractivity contribution in [3.8, 4) is 0 Å². The summed E-state index contributed by atoms with van der Waals surface area (Å²) in [5, 5.41) is 0.177. The van der Waals surface area contributed by atoms with Crippen molar-refractivity contribution in [3.05, 3.63) is 59.9 Å². The number of para-hydroxylation sites is 2. The molecule has 2 aromatic carbocycles. The van der Waals surface area contributed by atoms with Crippen LogP contribution in [0.15, 0.2) is 53.6 Å². The summed E-state index contributed by atoms with van der Waals surface area (Å²) in [6, 6.07) is 10.7. The van der Waals surface area contributed by atoms with Gasteiger partial charge in [0.25, 0.3) is 5.91 Å². The molecule has 1 aliphatic heterocycles. The minimum absolute atomic E-state index is 0.113. The Labute approximate surface area is 163 Å². The maximum Gasteiger partial charge on any atom is 0.416 e. The van der Waals surface area contributed by atoms with Crippen LogP contribution in [0.25, 0.3) is 11.0 Å². The third kappa shape index (κ3) is 3.56. The molecule has 0 saturated carbocycles. The van der Waals surface area contributed by atoms with Crippen LogP contribution in [0.5, 0.6) is 0 Å². The molecular formula is C20H16F3N3OS. The van der Waals surface area contributed by atoms with Gasteiger partial charge < -0.3 is 4.90 Å². The second-order valence-corrected chi connectivity index (χ2v) is 8.08. The van der Waals surface area contributed by atoms with Crippen LogP contribution in [-0.2, 0) is 6.18 Å². The average molecular weight is 403 g/mol. The number of rotatable bonds is 1. The summed E-state index contributed by atoms with van der Waals surface area (Å²) in [7, 11) is 0. The third-order valence-electron chi connectivity index (χ3n) is 4.58. The molecule has 1 amide bonds. The topological polar surface area (TPSA) is 46.1 Å². The number of halogens is 3. The molecule has 3 aromatic rings. The fourth-order valence-corrected chi connectivity index (χ4v) is 4.21.